The number of imidazole rings is 1. The fourth-order valence-electron chi connectivity index (χ4n) is 3.67. The van der Waals surface area contributed by atoms with Gasteiger partial charge in [0.15, 0.2) is 16.3 Å². The van der Waals surface area contributed by atoms with E-state index in [-0.39, 0.29) is 36.2 Å². The molecule has 1 unspecified atom stereocenters. The van der Waals surface area contributed by atoms with Gasteiger partial charge in [0.25, 0.3) is 0 Å². The Morgan fingerprint density at radius 2 is 1.97 bits per heavy atom. The third-order valence-electron chi connectivity index (χ3n) is 5.78. The highest BCUT2D eigenvalue weighted by Gasteiger charge is 2.36. The van der Waals surface area contributed by atoms with E-state index in [0.717, 1.165) is 24.6 Å². The number of aromatic nitrogens is 4. The van der Waals surface area contributed by atoms with Crippen LogP contribution < -0.4 is 15.6 Å². The number of nitrogens with one attached hydrogen (secondary N) is 1. The first kappa shape index (κ1) is 29.3. The van der Waals surface area contributed by atoms with Gasteiger partial charge in [0.1, 0.15) is 6.04 Å². The van der Waals surface area contributed by atoms with Gasteiger partial charge < -0.3 is 19.8 Å². The van der Waals surface area contributed by atoms with E-state index in [2.05, 4.69) is 20.0 Å². The number of carbonyl (C=O) groups is 2. The molecule has 0 bridgehead atoms. The van der Waals surface area contributed by atoms with E-state index in [0.29, 0.717) is 22.8 Å². The van der Waals surface area contributed by atoms with Gasteiger partial charge in [0.05, 0.1) is 33.8 Å². The van der Waals surface area contributed by atoms with Crippen LogP contribution in [0.1, 0.15) is 46.6 Å². The van der Waals surface area contributed by atoms with Crippen molar-refractivity contribution in [2.24, 2.45) is 11.3 Å². The van der Waals surface area contributed by atoms with Crippen LogP contribution in [0.5, 0.6) is 5.88 Å². The van der Waals surface area contributed by atoms with Crippen LogP contribution >= 0.6 is 19.5 Å². The lowest BCUT2D eigenvalue weighted by molar-refractivity contribution is -0.142. The summed E-state index contributed by atoms with van der Waals surface area (Å²) in [4.78, 5) is 36.7. The van der Waals surface area contributed by atoms with Gasteiger partial charge in [0.2, 0.25) is 11.8 Å². The molecule has 2 aromatic rings. The molecule has 1 fully saturated rings. The number of ether oxygens (including phenoxy) is 2. The second-order valence-corrected chi connectivity index (χ2v) is 12.6. The molecule has 1 aliphatic carbocycles. The summed E-state index contributed by atoms with van der Waals surface area (Å²) in [6, 6.07) is -0.814. The second-order valence-electron chi connectivity index (χ2n) is 9.79. The number of nitrogens with two attached hydrogens (primary N) is 1. The molecule has 0 amide bonds. The largest absolute Gasteiger partial charge is 0.479 e. The number of nitrogen functional groups attached to an aromatic ring is 1. The van der Waals surface area contributed by atoms with Crippen LogP contribution in [0.25, 0.3) is 11.2 Å². The molecule has 2 aromatic heterocycles. The standard InChI is InChI=1S/C22H35N6O7PS/c1-13(19(29)33-6)27-36(31,34-7-8-37-20(30)22(2,3)4)35-11-14-9-15(10-14)28-12-24-16-17(28)25-21(23)26-18(16)32-5/h12-15H,7-11H2,1-6H3,(H,27,31)(H2,23,25,26)/t13-,14-,15+,36?/m0/s1. The average Bonchev–Trinajstić information content (AvgIpc) is 3.22. The van der Waals surface area contributed by atoms with Crippen molar-refractivity contribution < 1.29 is 32.7 Å². The number of fused-ring (bicyclic) bond motifs is 1. The van der Waals surface area contributed by atoms with Crippen molar-refractivity contribution in [3.8, 4) is 5.88 Å². The lowest BCUT2D eigenvalue weighted by atomic mass is 9.81. The number of anilines is 1. The molecule has 0 aromatic carbocycles. The molecule has 1 saturated carbocycles. The first-order valence-corrected chi connectivity index (χ1v) is 14.4. The first-order valence-electron chi connectivity index (χ1n) is 11.8. The topological polar surface area (TPSA) is 170 Å². The van der Waals surface area contributed by atoms with Gasteiger partial charge in [0, 0.05) is 17.2 Å². The molecule has 3 rings (SSSR count). The van der Waals surface area contributed by atoms with Crippen LogP contribution in [0, 0.1) is 11.3 Å². The van der Waals surface area contributed by atoms with E-state index in [1.807, 2.05) is 25.3 Å². The zero-order valence-electron chi connectivity index (χ0n) is 21.9. The van der Waals surface area contributed by atoms with Gasteiger partial charge in [-0.15, -0.1) is 0 Å². The zero-order chi connectivity index (χ0) is 27.4. The molecule has 0 aliphatic heterocycles. The molecule has 3 N–H and O–H groups in total. The monoisotopic (exact) mass is 558 g/mol. The maximum atomic E-state index is 13.4. The smallest absolute Gasteiger partial charge is 0.406 e. The lowest BCUT2D eigenvalue weighted by Crippen LogP contribution is -2.35. The van der Waals surface area contributed by atoms with Crippen molar-refractivity contribution in [1.29, 1.82) is 0 Å². The molecular formula is C22H35N6O7PS. The van der Waals surface area contributed by atoms with Crippen LogP contribution in [0.4, 0.5) is 5.95 Å². The van der Waals surface area contributed by atoms with Crippen LogP contribution in [-0.4, -0.2) is 69.8 Å². The summed E-state index contributed by atoms with van der Waals surface area (Å²) in [5, 5.41) is 2.63. The summed E-state index contributed by atoms with van der Waals surface area (Å²) >= 11 is 1.10. The highest BCUT2D eigenvalue weighted by molar-refractivity contribution is 8.13. The summed E-state index contributed by atoms with van der Waals surface area (Å²) in [5.41, 5.74) is 6.42. The first-order chi connectivity index (χ1) is 17.4. The fraction of sp³-hybridized carbons (Fsp3) is 0.682. The maximum absolute atomic E-state index is 13.4. The zero-order valence-corrected chi connectivity index (χ0v) is 23.6. The van der Waals surface area contributed by atoms with Crippen LogP contribution in [0.3, 0.4) is 0 Å². The molecule has 0 spiro atoms. The summed E-state index contributed by atoms with van der Waals surface area (Å²) in [7, 11) is -1.13. The number of carbonyl (C=O) groups excluding carboxylic acids is 2. The van der Waals surface area contributed by atoms with Crippen molar-refractivity contribution in [2.75, 3.05) is 38.9 Å². The highest BCUT2D eigenvalue weighted by Crippen LogP contribution is 2.48. The number of hydrogen-bond donors (Lipinski definition) is 2. The SMILES string of the molecule is COC(=O)[C@H](C)NP(=O)(OCCSC(=O)C(C)(C)C)OC[C@H]1C[C@@H](n2cnc3c(OC)nc(N)nc32)C1. The molecule has 206 valence electrons. The predicted molar refractivity (Wildman–Crippen MR) is 139 cm³/mol. The molecule has 37 heavy (non-hydrogen) atoms. The van der Waals surface area contributed by atoms with Crippen LogP contribution in [-0.2, 0) is 27.9 Å². The van der Waals surface area contributed by atoms with E-state index in [1.54, 1.807) is 6.33 Å². The van der Waals surface area contributed by atoms with Crippen molar-refractivity contribution in [1.82, 2.24) is 24.6 Å². The Kier molecular flexibility index (Phi) is 9.57. The minimum absolute atomic E-state index is 0.0000727. The van der Waals surface area contributed by atoms with Crippen molar-refractivity contribution in [3.05, 3.63) is 6.33 Å². The fourth-order valence-corrected chi connectivity index (χ4v) is 6.12. The number of esters is 1. The molecule has 2 atom stereocenters. The third kappa shape index (κ3) is 7.41. The van der Waals surface area contributed by atoms with E-state index >= 15 is 0 Å². The van der Waals surface area contributed by atoms with Crippen molar-refractivity contribution in [3.63, 3.8) is 0 Å². The third-order valence-corrected chi connectivity index (χ3v) is 8.74. The van der Waals surface area contributed by atoms with E-state index in [1.165, 1.54) is 21.1 Å². The van der Waals surface area contributed by atoms with Gasteiger partial charge in [-0.05, 0) is 25.7 Å². The van der Waals surface area contributed by atoms with Gasteiger partial charge >= 0.3 is 13.7 Å². The van der Waals surface area contributed by atoms with E-state index in [4.69, 9.17) is 24.3 Å². The molecule has 1 aliphatic rings. The van der Waals surface area contributed by atoms with Crippen molar-refractivity contribution >= 4 is 47.7 Å². The minimum atomic E-state index is -3.86. The Hall–Kier alpha value is -2.25. The summed E-state index contributed by atoms with van der Waals surface area (Å²) in [6.07, 6.45) is 3.12. The van der Waals surface area contributed by atoms with Crippen LogP contribution in [0.15, 0.2) is 6.33 Å². The summed E-state index contributed by atoms with van der Waals surface area (Å²) < 4.78 is 36.5. The Morgan fingerprint density at radius 1 is 1.27 bits per heavy atom. The number of rotatable bonds is 12. The molecule has 15 heteroatoms. The summed E-state index contributed by atoms with van der Waals surface area (Å²) in [6.45, 7) is 7.14. The molecular weight excluding hydrogens is 523 g/mol. The Labute approximate surface area is 220 Å². The quantitative estimate of drug-likeness (QED) is 0.222. The Morgan fingerprint density at radius 3 is 2.59 bits per heavy atom. The van der Waals surface area contributed by atoms with Gasteiger partial charge in [-0.25, -0.2) is 14.6 Å². The number of methoxy groups -OCH3 is 2. The molecule has 0 radical (unpaired) electrons. The summed E-state index contributed by atoms with van der Waals surface area (Å²) in [5.74, 6) is 0.193. The van der Waals surface area contributed by atoms with Crippen LogP contribution in [0.2, 0.25) is 0 Å². The highest BCUT2D eigenvalue weighted by atomic mass is 32.2. The number of thioether (sulfide) groups is 1. The minimum Gasteiger partial charge on any atom is -0.479 e. The van der Waals surface area contributed by atoms with Crippen molar-refractivity contribution in [2.45, 2.75) is 52.6 Å². The van der Waals surface area contributed by atoms with Gasteiger partial charge in [-0.1, -0.05) is 32.5 Å². The van der Waals surface area contributed by atoms with E-state index < -0.39 is 25.2 Å². The number of nitrogens with zero attached hydrogens (tertiary/aromatic N) is 4. The van der Waals surface area contributed by atoms with E-state index in [9.17, 15) is 14.2 Å². The van der Waals surface area contributed by atoms with Gasteiger partial charge in [-0.3, -0.25) is 18.6 Å². The normalized spacial score (nSPS) is 20.2. The average molecular weight is 559 g/mol. The maximum Gasteiger partial charge on any atom is 0.406 e. The van der Waals surface area contributed by atoms with Gasteiger partial charge in [-0.2, -0.15) is 9.97 Å². The molecule has 2 heterocycles. The Bertz CT molecular complexity index is 1160. The second kappa shape index (κ2) is 12.1. The molecule has 13 nitrogen and oxygen atoms in total. The number of hydrogen-bond acceptors (Lipinski definition) is 12. The predicted octanol–water partition coefficient (Wildman–Crippen LogP) is 2.97. The lowest BCUT2D eigenvalue weighted by Gasteiger charge is -2.36. The Balaban J connectivity index is 1.58. The molecule has 0 saturated heterocycles.